The van der Waals surface area contributed by atoms with Gasteiger partial charge in [-0.05, 0) is 6.92 Å². The molecule has 0 saturated heterocycles. The van der Waals surface area contributed by atoms with E-state index in [9.17, 15) is 4.79 Å². The van der Waals surface area contributed by atoms with Gasteiger partial charge in [-0.25, -0.2) is 4.98 Å². The third-order valence-electron chi connectivity index (χ3n) is 2.44. The van der Waals surface area contributed by atoms with E-state index in [-0.39, 0.29) is 10.7 Å². The van der Waals surface area contributed by atoms with Crippen LogP contribution < -0.4 is 5.56 Å². The molecule has 0 N–H and O–H groups in total. The van der Waals surface area contributed by atoms with E-state index in [0.717, 1.165) is 11.3 Å². The first-order valence-corrected chi connectivity index (χ1v) is 5.64. The van der Waals surface area contributed by atoms with Gasteiger partial charge in [-0.15, -0.1) is 0 Å². The van der Waals surface area contributed by atoms with Crippen LogP contribution in [0.25, 0.3) is 0 Å². The fraction of sp³-hybridized carbons (Fsp3) is 0.300. The standard InChI is InChI=1S/C10H10Cl2N4O/c1-6-7(10(12)15(2)14-6)4-16-5-13-8(11)3-9(16)17/h3,5H,4H2,1-2H3. The molecule has 0 aliphatic rings. The van der Waals surface area contributed by atoms with Crippen molar-refractivity contribution in [2.45, 2.75) is 13.5 Å². The van der Waals surface area contributed by atoms with Gasteiger partial charge in [-0.3, -0.25) is 14.0 Å². The molecule has 2 heterocycles. The summed E-state index contributed by atoms with van der Waals surface area (Å²) < 4.78 is 3.00. The molecular formula is C10H10Cl2N4O. The molecule has 0 unspecified atom stereocenters. The molecule has 2 aromatic rings. The van der Waals surface area contributed by atoms with Gasteiger partial charge >= 0.3 is 0 Å². The van der Waals surface area contributed by atoms with Crippen LogP contribution in [0.4, 0.5) is 0 Å². The van der Waals surface area contributed by atoms with Crippen molar-refractivity contribution in [3.8, 4) is 0 Å². The molecule has 0 spiro atoms. The van der Waals surface area contributed by atoms with E-state index in [1.807, 2.05) is 6.92 Å². The van der Waals surface area contributed by atoms with E-state index in [0.29, 0.717) is 11.7 Å². The molecular weight excluding hydrogens is 263 g/mol. The Hall–Kier alpha value is -1.33. The highest BCUT2D eigenvalue weighted by atomic mass is 35.5. The van der Waals surface area contributed by atoms with Gasteiger partial charge in [0.05, 0.1) is 18.6 Å². The highest BCUT2D eigenvalue weighted by Crippen LogP contribution is 2.19. The molecule has 0 aliphatic carbocycles. The van der Waals surface area contributed by atoms with Crippen molar-refractivity contribution in [2.75, 3.05) is 0 Å². The van der Waals surface area contributed by atoms with Crippen molar-refractivity contribution in [1.82, 2.24) is 19.3 Å². The van der Waals surface area contributed by atoms with Gasteiger partial charge in [-0.1, -0.05) is 23.2 Å². The van der Waals surface area contributed by atoms with E-state index < -0.39 is 0 Å². The molecule has 2 rings (SSSR count). The van der Waals surface area contributed by atoms with Crippen molar-refractivity contribution in [3.05, 3.63) is 44.3 Å². The zero-order valence-electron chi connectivity index (χ0n) is 9.31. The second-order valence-electron chi connectivity index (χ2n) is 3.66. The monoisotopic (exact) mass is 272 g/mol. The maximum Gasteiger partial charge on any atom is 0.255 e. The van der Waals surface area contributed by atoms with Crippen LogP contribution in [0.3, 0.4) is 0 Å². The number of aryl methyl sites for hydroxylation is 2. The van der Waals surface area contributed by atoms with E-state index in [1.54, 1.807) is 11.7 Å². The fourth-order valence-electron chi connectivity index (χ4n) is 1.55. The molecule has 7 heteroatoms. The Bertz CT molecular complexity index is 617. The third kappa shape index (κ3) is 2.35. The number of aromatic nitrogens is 4. The minimum Gasteiger partial charge on any atom is -0.295 e. The highest BCUT2D eigenvalue weighted by Gasteiger charge is 2.12. The van der Waals surface area contributed by atoms with Crippen LogP contribution in [0.1, 0.15) is 11.3 Å². The Morgan fingerprint density at radius 3 is 2.65 bits per heavy atom. The first-order chi connectivity index (χ1) is 7.99. The Labute approximate surface area is 108 Å². The van der Waals surface area contributed by atoms with E-state index in [4.69, 9.17) is 23.2 Å². The van der Waals surface area contributed by atoms with Crippen LogP contribution in [0.15, 0.2) is 17.2 Å². The van der Waals surface area contributed by atoms with Gasteiger partial charge < -0.3 is 0 Å². The summed E-state index contributed by atoms with van der Waals surface area (Å²) in [5, 5.41) is 4.88. The number of hydrogen-bond acceptors (Lipinski definition) is 3. The third-order valence-corrected chi connectivity index (χ3v) is 3.12. The van der Waals surface area contributed by atoms with Crippen LogP contribution in [0.2, 0.25) is 10.3 Å². The van der Waals surface area contributed by atoms with Gasteiger partial charge in [-0.2, -0.15) is 5.10 Å². The Morgan fingerprint density at radius 2 is 2.12 bits per heavy atom. The maximum atomic E-state index is 11.6. The van der Waals surface area contributed by atoms with E-state index in [1.165, 1.54) is 17.0 Å². The Kier molecular flexibility index (Phi) is 3.22. The molecule has 0 radical (unpaired) electrons. The van der Waals surface area contributed by atoms with Gasteiger partial charge in [0.1, 0.15) is 10.3 Å². The fourth-order valence-corrected chi connectivity index (χ4v) is 1.92. The van der Waals surface area contributed by atoms with Crippen LogP contribution >= 0.6 is 23.2 Å². The summed E-state index contributed by atoms with van der Waals surface area (Å²) in [7, 11) is 1.75. The molecule has 0 aliphatic heterocycles. The molecule has 0 atom stereocenters. The van der Waals surface area contributed by atoms with Gasteiger partial charge in [0.2, 0.25) is 0 Å². The second kappa shape index (κ2) is 4.50. The average Bonchev–Trinajstić information content (AvgIpc) is 2.48. The topological polar surface area (TPSA) is 52.7 Å². The smallest absolute Gasteiger partial charge is 0.255 e. The molecule has 0 aromatic carbocycles. The average molecular weight is 273 g/mol. The summed E-state index contributed by atoms with van der Waals surface area (Å²) in [6, 6.07) is 1.27. The molecule has 90 valence electrons. The number of hydrogen-bond donors (Lipinski definition) is 0. The minimum atomic E-state index is -0.218. The summed E-state index contributed by atoms with van der Waals surface area (Å²) in [6.07, 6.45) is 1.40. The lowest BCUT2D eigenvalue weighted by Gasteiger charge is -2.04. The van der Waals surface area contributed by atoms with Gasteiger partial charge in [0.15, 0.2) is 0 Å². The zero-order valence-corrected chi connectivity index (χ0v) is 10.8. The molecule has 17 heavy (non-hydrogen) atoms. The van der Waals surface area contributed by atoms with Crippen molar-refractivity contribution in [3.63, 3.8) is 0 Å². The summed E-state index contributed by atoms with van der Waals surface area (Å²) >= 11 is 11.7. The van der Waals surface area contributed by atoms with Gasteiger partial charge in [0.25, 0.3) is 5.56 Å². The predicted octanol–water partition coefficient (Wildman–Crippen LogP) is 1.64. The van der Waals surface area contributed by atoms with Crippen molar-refractivity contribution < 1.29 is 0 Å². The SMILES string of the molecule is Cc1nn(C)c(Cl)c1Cn1cnc(Cl)cc1=O. The van der Waals surface area contributed by atoms with E-state index in [2.05, 4.69) is 10.1 Å². The maximum absolute atomic E-state index is 11.6. The largest absolute Gasteiger partial charge is 0.295 e. The number of halogens is 2. The van der Waals surface area contributed by atoms with E-state index >= 15 is 0 Å². The minimum absolute atomic E-state index is 0.181. The first-order valence-electron chi connectivity index (χ1n) is 4.89. The molecule has 0 bridgehead atoms. The zero-order chi connectivity index (χ0) is 12.6. The van der Waals surface area contributed by atoms with Crippen molar-refractivity contribution >= 4 is 23.2 Å². The van der Waals surface area contributed by atoms with Crippen LogP contribution in [0.5, 0.6) is 0 Å². The Morgan fingerprint density at radius 1 is 1.41 bits per heavy atom. The lowest BCUT2D eigenvalue weighted by Crippen LogP contribution is -2.20. The number of rotatable bonds is 2. The quantitative estimate of drug-likeness (QED) is 0.781. The predicted molar refractivity (Wildman–Crippen MR) is 65.6 cm³/mol. The second-order valence-corrected chi connectivity index (χ2v) is 4.40. The first kappa shape index (κ1) is 12.1. The molecule has 2 aromatic heterocycles. The molecule has 0 amide bonds. The summed E-state index contributed by atoms with van der Waals surface area (Å²) in [6.45, 7) is 2.18. The molecule has 5 nitrogen and oxygen atoms in total. The Balaban J connectivity index is 2.41. The highest BCUT2D eigenvalue weighted by molar-refractivity contribution is 6.30. The lowest BCUT2D eigenvalue weighted by atomic mass is 10.2. The lowest BCUT2D eigenvalue weighted by molar-refractivity contribution is 0.731. The van der Waals surface area contributed by atoms with Crippen LogP contribution in [-0.4, -0.2) is 19.3 Å². The molecule has 0 saturated carbocycles. The summed E-state index contributed by atoms with van der Waals surface area (Å²) in [4.78, 5) is 15.5. The summed E-state index contributed by atoms with van der Waals surface area (Å²) in [5.74, 6) is 0. The van der Waals surface area contributed by atoms with Gasteiger partial charge in [0, 0.05) is 18.7 Å². The van der Waals surface area contributed by atoms with Crippen molar-refractivity contribution in [2.24, 2.45) is 7.05 Å². The van der Waals surface area contributed by atoms with Crippen molar-refractivity contribution in [1.29, 1.82) is 0 Å². The van der Waals surface area contributed by atoms with Crippen LogP contribution in [-0.2, 0) is 13.6 Å². The normalized spacial score (nSPS) is 10.8. The molecule has 0 fully saturated rings. The van der Waals surface area contributed by atoms with Crippen LogP contribution in [0, 0.1) is 6.92 Å². The number of nitrogens with zero attached hydrogens (tertiary/aromatic N) is 4. The summed E-state index contributed by atoms with van der Waals surface area (Å²) in [5.41, 5.74) is 1.38.